The molecule has 18 heavy (non-hydrogen) atoms. The third-order valence-electron chi connectivity index (χ3n) is 2.98. The summed E-state index contributed by atoms with van der Waals surface area (Å²) in [5, 5.41) is 0. The van der Waals surface area contributed by atoms with Crippen LogP contribution in [0.15, 0.2) is 12.2 Å². The standard InChI is InChI=1S/C15H29BO2/c1-14(2,3)17-10-11-7-8-12(16)9-13(11)18-15(4,5)6/h7-8,11-13H,9-10,16H2,1-6H3/t11-,12-,13+/m1/s1. The average molecular weight is 252 g/mol. The molecular weight excluding hydrogens is 223 g/mol. The molecule has 1 aliphatic rings. The van der Waals surface area contributed by atoms with Crippen molar-refractivity contribution in [1.29, 1.82) is 0 Å². The second-order valence-corrected chi connectivity index (χ2v) is 7.45. The van der Waals surface area contributed by atoms with Crippen LogP contribution in [0.4, 0.5) is 0 Å². The van der Waals surface area contributed by atoms with Gasteiger partial charge in [-0.3, -0.25) is 0 Å². The van der Waals surface area contributed by atoms with Gasteiger partial charge in [0, 0.05) is 5.92 Å². The Hall–Kier alpha value is -0.275. The van der Waals surface area contributed by atoms with E-state index < -0.39 is 0 Å². The highest BCUT2D eigenvalue weighted by molar-refractivity contribution is 6.13. The maximum atomic E-state index is 6.20. The molecule has 0 aromatic rings. The highest BCUT2D eigenvalue weighted by Gasteiger charge is 2.30. The van der Waals surface area contributed by atoms with Gasteiger partial charge in [-0.2, -0.15) is 0 Å². The van der Waals surface area contributed by atoms with Crippen LogP contribution in [0.1, 0.15) is 48.0 Å². The van der Waals surface area contributed by atoms with Crippen LogP contribution in [0.5, 0.6) is 0 Å². The Bertz CT molecular complexity index is 286. The van der Waals surface area contributed by atoms with E-state index in [2.05, 4.69) is 61.5 Å². The van der Waals surface area contributed by atoms with Crippen LogP contribution in [-0.4, -0.2) is 31.8 Å². The number of hydrogen-bond donors (Lipinski definition) is 0. The van der Waals surface area contributed by atoms with Crippen LogP contribution >= 0.6 is 0 Å². The van der Waals surface area contributed by atoms with Crippen molar-refractivity contribution >= 4 is 7.85 Å². The van der Waals surface area contributed by atoms with Gasteiger partial charge in [0.2, 0.25) is 0 Å². The molecule has 0 radical (unpaired) electrons. The van der Waals surface area contributed by atoms with Gasteiger partial charge >= 0.3 is 0 Å². The highest BCUT2D eigenvalue weighted by Crippen LogP contribution is 2.31. The lowest BCUT2D eigenvalue weighted by Gasteiger charge is -2.36. The van der Waals surface area contributed by atoms with Crippen molar-refractivity contribution in [3.05, 3.63) is 12.2 Å². The van der Waals surface area contributed by atoms with Crippen LogP contribution < -0.4 is 0 Å². The Morgan fingerprint density at radius 3 is 2.17 bits per heavy atom. The summed E-state index contributed by atoms with van der Waals surface area (Å²) >= 11 is 0. The Balaban J connectivity index is 2.63. The first kappa shape index (κ1) is 15.8. The molecule has 0 aromatic carbocycles. The predicted molar refractivity (Wildman–Crippen MR) is 79.9 cm³/mol. The smallest absolute Gasteiger partial charge is 0.110 e. The molecule has 104 valence electrons. The molecule has 0 fully saturated rings. The lowest BCUT2D eigenvalue weighted by atomic mass is 9.75. The molecule has 0 amide bonds. The molecule has 0 heterocycles. The summed E-state index contributed by atoms with van der Waals surface area (Å²) in [6.07, 6.45) is 5.92. The number of rotatable bonds is 3. The largest absolute Gasteiger partial charge is 0.375 e. The fourth-order valence-electron chi connectivity index (χ4n) is 2.17. The van der Waals surface area contributed by atoms with E-state index in [0.717, 1.165) is 13.0 Å². The molecule has 3 heteroatoms. The Morgan fingerprint density at radius 1 is 1.06 bits per heavy atom. The van der Waals surface area contributed by atoms with E-state index in [1.165, 1.54) is 0 Å². The van der Waals surface area contributed by atoms with Crippen molar-refractivity contribution in [2.75, 3.05) is 6.61 Å². The molecule has 0 unspecified atom stereocenters. The maximum absolute atomic E-state index is 6.20. The normalized spacial score (nSPS) is 29.6. The molecule has 1 rings (SSSR count). The summed E-state index contributed by atoms with van der Waals surface area (Å²) in [6, 6.07) is 0. The third kappa shape index (κ3) is 6.06. The first-order valence-corrected chi connectivity index (χ1v) is 7.07. The minimum absolute atomic E-state index is 0.0802. The molecule has 0 spiro atoms. The lowest BCUT2D eigenvalue weighted by molar-refractivity contribution is -0.107. The second kappa shape index (κ2) is 5.79. The highest BCUT2D eigenvalue weighted by atomic mass is 16.5. The minimum atomic E-state index is -0.0877. The first-order valence-electron chi connectivity index (χ1n) is 7.07. The molecular formula is C15H29BO2. The summed E-state index contributed by atoms with van der Waals surface area (Å²) in [5.74, 6) is 0.975. The van der Waals surface area contributed by atoms with Gasteiger partial charge in [0.05, 0.1) is 23.9 Å². The Kier molecular flexibility index (Phi) is 5.08. The Labute approximate surface area is 114 Å². The van der Waals surface area contributed by atoms with Crippen molar-refractivity contribution in [1.82, 2.24) is 0 Å². The molecule has 0 saturated heterocycles. The lowest BCUT2D eigenvalue weighted by Crippen LogP contribution is -2.38. The van der Waals surface area contributed by atoms with E-state index in [4.69, 9.17) is 9.47 Å². The second-order valence-electron chi connectivity index (χ2n) is 7.45. The van der Waals surface area contributed by atoms with Crippen LogP contribution in [-0.2, 0) is 9.47 Å². The molecule has 0 aliphatic heterocycles. The zero-order valence-electron chi connectivity index (χ0n) is 13.1. The summed E-state index contributed by atoms with van der Waals surface area (Å²) in [5.41, 5.74) is -0.168. The summed E-state index contributed by atoms with van der Waals surface area (Å²) < 4.78 is 12.1. The van der Waals surface area contributed by atoms with Gasteiger partial charge in [-0.05, 0) is 53.8 Å². The van der Waals surface area contributed by atoms with E-state index in [9.17, 15) is 0 Å². The van der Waals surface area contributed by atoms with Crippen LogP contribution in [0.2, 0.25) is 5.82 Å². The third-order valence-corrected chi connectivity index (χ3v) is 2.98. The van der Waals surface area contributed by atoms with E-state index in [1.54, 1.807) is 0 Å². The van der Waals surface area contributed by atoms with Gasteiger partial charge in [-0.15, -0.1) is 0 Å². The van der Waals surface area contributed by atoms with E-state index in [1.807, 2.05) is 0 Å². The van der Waals surface area contributed by atoms with Gasteiger partial charge in [0.25, 0.3) is 0 Å². The van der Waals surface area contributed by atoms with Crippen molar-refractivity contribution in [3.63, 3.8) is 0 Å². The van der Waals surface area contributed by atoms with Gasteiger partial charge in [-0.1, -0.05) is 12.2 Å². The summed E-state index contributed by atoms with van der Waals surface area (Å²) in [7, 11) is 2.25. The average Bonchev–Trinajstić information content (AvgIpc) is 2.12. The number of ether oxygens (including phenoxy) is 2. The van der Waals surface area contributed by atoms with Gasteiger partial charge in [0.1, 0.15) is 7.85 Å². The van der Waals surface area contributed by atoms with Gasteiger partial charge in [0.15, 0.2) is 0 Å². The zero-order valence-corrected chi connectivity index (χ0v) is 13.1. The van der Waals surface area contributed by atoms with Crippen LogP contribution in [0.25, 0.3) is 0 Å². The number of hydrogen-bond acceptors (Lipinski definition) is 2. The fourth-order valence-corrected chi connectivity index (χ4v) is 2.17. The monoisotopic (exact) mass is 252 g/mol. The molecule has 0 bridgehead atoms. The molecule has 2 nitrogen and oxygen atoms in total. The van der Waals surface area contributed by atoms with Crippen molar-refractivity contribution in [3.8, 4) is 0 Å². The molecule has 0 saturated carbocycles. The number of allylic oxidation sites excluding steroid dienone is 1. The minimum Gasteiger partial charge on any atom is -0.375 e. The molecule has 0 N–H and O–H groups in total. The van der Waals surface area contributed by atoms with Crippen molar-refractivity contribution in [2.45, 2.75) is 71.1 Å². The first-order chi connectivity index (χ1) is 8.07. The van der Waals surface area contributed by atoms with E-state index in [-0.39, 0.29) is 17.3 Å². The van der Waals surface area contributed by atoms with E-state index in [0.29, 0.717) is 11.7 Å². The van der Waals surface area contributed by atoms with Gasteiger partial charge < -0.3 is 9.47 Å². The zero-order chi connectivity index (χ0) is 14.0. The predicted octanol–water partition coefficient (Wildman–Crippen LogP) is 2.98. The van der Waals surface area contributed by atoms with E-state index >= 15 is 0 Å². The Morgan fingerprint density at radius 2 is 1.67 bits per heavy atom. The van der Waals surface area contributed by atoms with Gasteiger partial charge in [-0.25, -0.2) is 0 Å². The summed E-state index contributed by atoms with van der Waals surface area (Å²) in [6.45, 7) is 13.4. The molecule has 3 atom stereocenters. The SMILES string of the molecule is B[C@@H]1C=C[C@H](COC(C)(C)C)[C@@H](OC(C)(C)C)C1. The molecule has 1 aliphatic carbocycles. The van der Waals surface area contributed by atoms with Crippen molar-refractivity contribution < 1.29 is 9.47 Å². The topological polar surface area (TPSA) is 18.5 Å². The van der Waals surface area contributed by atoms with Crippen LogP contribution in [0, 0.1) is 5.92 Å². The van der Waals surface area contributed by atoms with Crippen LogP contribution in [0.3, 0.4) is 0 Å². The fraction of sp³-hybridized carbons (Fsp3) is 0.867. The molecule has 0 aromatic heterocycles. The maximum Gasteiger partial charge on any atom is 0.110 e. The van der Waals surface area contributed by atoms with Crippen molar-refractivity contribution in [2.24, 2.45) is 5.92 Å². The quantitative estimate of drug-likeness (QED) is 0.568. The summed E-state index contributed by atoms with van der Waals surface area (Å²) in [4.78, 5) is 0.